The van der Waals surface area contributed by atoms with Crippen molar-refractivity contribution in [3.05, 3.63) is 92.9 Å². The van der Waals surface area contributed by atoms with Crippen molar-refractivity contribution in [3.8, 4) is 0 Å². The highest BCUT2D eigenvalue weighted by molar-refractivity contribution is 7.10. The Morgan fingerprint density at radius 2 is 1.75 bits per heavy atom. The predicted octanol–water partition coefficient (Wildman–Crippen LogP) is 5.64. The molecule has 3 heterocycles. The summed E-state index contributed by atoms with van der Waals surface area (Å²) in [4.78, 5) is 21.8. The smallest absolute Gasteiger partial charge is 0.246 e. The maximum Gasteiger partial charge on any atom is 0.246 e. The van der Waals surface area contributed by atoms with Crippen molar-refractivity contribution < 1.29 is 4.79 Å². The van der Waals surface area contributed by atoms with Crippen molar-refractivity contribution >= 4 is 45.6 Å². The van der Waals surface area contributed by atoms with Crippen LogP contribution in [0, 0.1) is 0 Å². The molecule has 0 fully saturated rings. The molecule has 1 aromatic carbocycles. The monoisotopic (exact) mass is 404 g/mol. The topological polar surface area (TPSA) is 33.2 Å². The lowest BCUT2D eigenvalue weighted by Crippen LogP contribution is -2.30. The number of hydrogen-bond acceptors (Lipinski definition) is 4. The standard InChI is InChI=1S/C23H20N2OS2/c26-22(11-10-19-6-1-5-18-7-2-13-24-23(18)19)25(17-21-9-4-16-28-21)14-12-20-8-3-15-27-20/h1-11,13,15-16H,12,14,17H2/b11-10+. The van der Waals surface area contributed by atoms with Gasteiger partial charge >= 0.3 is 0 Å². The lowest BCUT2D eigenvalue weighted by molar-refractivity contribution is -0.126. The third kappa shape index (κ3) is 4.55. The Kier molecular flexibility index (Phi) is 5.95. The van der Waals surface area contributed by atoms with Gasteiger partial charge in [-0.05, 0) is 41.5 Å². The van der Waals surface area contributed by atoms with Gasteiger partial charge in [0.15, 0.2) is 0 Å². The van der Waals surface area contributed by atoms with Gasteiger partial charge in [-0.15, -0.1) is 22.7 Å². The number of aromatic nitrogens is 1. The second-order valence-corrected chi connectivity index (χ2v) is 8.49. The molecular weight excluding hydrogens is 384 g/mol. The highest BCUT2D eigenvalue weighted by Gasteiger charge is 2.13. The average Bonchev–Trinajstić information content (AvgIpc) is 3.43. The lowest BCUT2D eigenvalue weighted by Gasteiger charge is -2.20. The van der Waals surface area contributed by atoms with Crippen molar-refractivity contribution in [1.82, 2.24) is 9.88 Å². The van der Waals surface area contributed by atoms with Crippen LogP contribution in [0.4, 0.5) is 0 Å². The van der Waals surface area contributed by atoms with Gasteiger partial charge < -0.3 is 4.90 Å². The summed E-state index contributed by atoms with van der Waals surface area (Å²) in [6.45, 7) is 1.34. The molecule has 0 saturated carbocycles. The maximum atomic E-state index is 13.0. The third-order valence-electron chi connectivity index (χ3n) is 4.52. The molecule has 0 spiro atoms. The van der Waals surface area contributed by atoms with Crippen molar-refractivity contribution in [2.75, 3.05) is 6.54 Å². The van der Waals surface area contributed by atoms with Gasteiger partial charge in [-0.2, -0.15) is 0 Å². The van der Waals surface area contributed by atoms with Crippen LogP contribution in [0.15, 0.2) is 77.6 Å². The number of carbonyl (C=O) groups excluding carboxylic acids is 1. The van der Waals surface area contributed by atoms with Gasteiger partial charge in [0.25, 0.3) is 0 Å². The molecule has 0 aliphatic carbocycles. The van der Waals surface area contributed by atoms with Gasteiger partial charge in [-0.3, -0.25) is 9.78 Å². The number of benzene rings is 1. The molecule has 0 unspecified atom stereocenters. The zero-order valence-electron chi connectivity index (χ0n) is 15.3. The van der Waals surface area contributed by atoms with Crippen LogP contribution in [0.5, 0.6) is 0 Å². The number of pyridine rings is 1. The van der Waals surface area contributed by atoms with E-state index in [9.17, 15) is 4.79 Å². The lowest BCUT2D eigenvalue weighted by atomic mass is 10.1. The van der Waals surface area contributed by atoms with E-state index >= 15 is 0 Å². The Morgan fingerprint density at radius 3 is 2.54 bits per heavy atom. The summed E-state index contributed by atoms with van der Waals surface area (Å²) in [5.74, 6) is 0.0258. The van der Waals surface area contributed by atoms with Gasteiger partial charge in [0, 0.05) is 39.5 Å². The summed E-state index contributed by atoms with van der Waals surface area (Å²) >= 11 is 3.42. The van der Waals surface area contributed by atoms with E-state index in [-0.39, 0.29) is 5.91 Å². The van der Waals surface area contributed by atoms with E-state index in [2.05, 4.69) is 33.9 Å². The molecule has 0 radical (unpaired) electrons. The first-order valence-electron chi connectivity index (χ1n) is 9.15. The normalized spacial score (nSPS) is 11.3. The number of fused-ring (bicyclic) bond motifs is 1. The Hall–Kier alpha value is -2.76. The van der Waals surface area contributed by atoms with E-state index in [1.165, 1.54) is 9.75 Å². The molecule has 0 N–H and O–H groups in total. The second kappa shape index (κ2) is 8.95. The molecule has 0 aliphatic rings. The fourth-order valence-electron chi connectivity index (χ4n) is 3.09. The number of rotatable bonds is 7. The molecule has 5 heteroatoms. The number of thiophene rings is 2. The van der Waals surface area contributed by atoms with E-state index in [0.29, 0.717) is 13.1 Å². The summed E-state index contributed by atoms with van der Waals surface area (Å²) < 4.78 is 0. The molecule has 4 rings (SSSR count). The van der Waals surface area contributed by atoms with Crippen LogP contribution < -0.4 is 0 Å². The fourth-order valence-corrected chi connectivity index (χ4v) is 4.50. The Balaban J connectivity index is 1.52. The summed E-state index contributed by atoms with van der Waals surface area (Å²) in [6.07, 6.45) is 6.21. The molecule has 4 aromatic rings. The van der Waals surface area contributed by atoms with Crippen LogP contribution in [0.25, 0.3) is 17.0 Å². The minimum Gasteiger partial charge on any atom is -0.334 e. The minimum absolute atomic E-state index is 0.0258. The number of para-hydroxylation sites is 1. The number of carbonyl (C=O) groups is 1. The molecule has 0 bridgehead atoms. The second-order valence-electron chi connectivity index (χ2n) is 6.42. The molecule has 0 atom stereocenters. The zero-order valence-corrected chi connectivity index (χ0v) is 17.0. The Labute approximate surface area is 172 Å². The molecule has 1 amide bonds. The van der Waals surface area contributed by atoms with E-state index < -0.39 is 0 Å². The predicted molar refractivity (Wildman–Crippen MR) is 119 cm³/mol. The van der Waals surface area contributed by atoms with Crippen molar-refractivity contribution in [1.29, 1.82) is 0 Å². The van der Waals surface area contributed by atoms with Gasteiger partial charge in [0.05, 0.1) is 12.1 Å². The van der Waals surface area contributed by atoms with Gasteiger partial charge in [-0.1, -0.05) is 36.4 Å². The number of nitrogens with zero attached hydrogens (tertiary/aromatic N) is 2. The van der Waals surface area contributed by atoms with Gasteiger partial charge in [0.2, 0.25) is 5.91 Å². The van der Waals surface area contributed by atoms with Crippen LogP contribution in [-0.2, 0) is 17.8 Å². The molecule has 140 valence electrons. The van der Waals surface area contributed by atoms with Crippen molar-refractivity contribution in [2.45, 2.75) is 13.0 Å². The summed E-state index contributed by atoms with van der Waals surface area (Å²) in [6, 6.07) is 18.3. The average molecular weight is 405 g/mol. The SMILES string of the molecule is O=C(/C=C/c1cccc2cccnc12)N(CCc1cccs1)Cc1cccs1. The summed E-state index contributed by atoms with van der Waals surface area (Å²) in [5, 5.41) is 5.20. The molecule has 28 heavy (non-hydrogen) atoms. The van der Waals surface area contributed by atoms with Crippen LogP contribution >= 0.6 is 22.7 Å². The summed E-state index contributed by atoms with van der Waals surface area (Å²) in [5.41, 5.74) is 1.87. The third-order valence-corrected chi connectivity index (χ3v) is 6.31. The van der Waals surface area contributed by atoms with Crippen molar-refractivity contribution in [2.24, 2.45) is 0 Å². The van der Waals surface area contributed by atoms with Crippen LogP contribution in [0.3, 0.4) is 0 Å². The van der Waals surface area contributed by atoms with Crippen molar-refractivity contribution in [3.63, 3.8) is 0 Å². The van der Waals surface area contributed by atoms with Crippen LogP contribution in [-0.4, -0.2) is 22.3 Å². The van der Waals surface area contributed by atoms with E-state index in [1.807, 2.05) is 47.4 Å². The minimum atomic E-state index is 0.0258. The van der Waals surface area contributed by atoms with Gasteiger partial charge in [0.1, 0.15) is 0 Å². The molecule has 0 saturated heterocycles. The van der Waals surface area contributed by atoms with E-state index in [1.54, 1.807) is 34.9 Å². The quantitative estimate of drug-likeness (QED) is 0.373. The maximum absolute atomic E-state index is 13.0. The van der Waals surface area contributed by atoms with E-state index in [4.69, 9.17) is 0 Å². The number of hydrogen-bond donors (Lipinski definition) is 0. The highest BCUT2D eigenvalue weighted by atomic mass is 32.1. The van der Waals surface area contributed by atoms with Crippen LogP contribution in [0.1, 0.15) is 15.3 Å². The zero-order chi connectivity index (χ0) is 19.2. The Bertz CT molecular complexity index is 1060. The Morgan fingerprint density at radius 1 is 0.964 bits per heavy atom. The molecule has 0 aliphatic heterocycles. The highest BCUT2D eigenvalue weighted by Crippen LogP contribution is 2.18. The first-order valence-corrected chi connectivity index (χ1v) is 10.9. The first kappa shape index (κ1) is 18.6. The molecular formula is C23H20N2OS2. The largest absolute Gasteiger partial charge is 0.334 e. The summed E-state index contributed by atoms with van der Waals surface area (Å²) in [7, 11) is 0. The number of amides is 1. The fraction of sp³-hybridized carbons (Fsp3) is 0.130. The van der Waals surface area contributed by atoms with Crippen LogP contribution in [0.2, 0.25) is 0 Å². The van der Waals surface area contributed by atoms with E-state index in [0.717, 1.165) is 22.9 Å². The van der Waals surface area contributed by atoms with Gasteiger partial charge in [-0.25, -0.2) is 0 Å². The molecule has 3 aromatic heterocycles. The first-order chi connectivity index (χ1) is 13.8. The molecule has 3 nitrogen and oxygen atoms in total.